The average molecular weight is 183 g/mol. The normalized spacial score (nSPS) is 17.2. The van der Waals surface area contributed by atoms with Gasteiger partial charge in [0.2, 0.25) is 5.91 Å². The molecule has 13 heavy (non-hydrogen) atoms. The van der Waals surface area contributed by atoms with Gasteiger partial charge in [-0.05, 0) is 25.7 Å². The van der Waals surface area contributed by atoms with Crippen molar-refractivity contribution < 1.29 is 4.79 Å². The first-order chi connectivity index (χ1) is 5.93. The van der Waals surface area contributed by atoms with E-state index >= 15 is 0 Å². The first kappa shape index (κ1) is 12.2. The molecule has 0 bridgehead atoms. The van der Waals surface area contributed by atoms with Gasteiger partial charge in [-0.2, -0.15) is 0 Å². The fraction of sp³-hybridized carbons (Fsp3) is 0.727. The molecule has 0 aromatic carbocycles. The van der Waals surface area contributed by atoms with E-state index in [0.717, 1.165) is 12.8 Å². The monoisotopic (exact) mass is 183 g/mol. The van der Waals surface area contributed by atoms with Crippen LogP contribution in [0.15, 0.2) is 12.7 Å². The SMILES string of the molecule is C=CC(C)CC(C)(CC)NC(C)=O. The number of amides is 1. The minimum Gasteiger partial charge on any atom is -0.351 e. The molecule has 1 N–H and O–H groups in total. The highest BCUT2D eigenvalue weighted by atomic mass is 16.1. The maximum Gasteiger partial charge on any atom is 0.217 e. The van der Waals surface area contributed by atoms with E-state index in [2.05, 4.69) is 32.7 Å². The van der Waals surface area contributed by atoms with E-state index in [1.54, 1.807) is 6.92 Å². The molecular formula is C11H21NO. The highest BCUT2D eigenvalue weighted by Gasteiger charge is 2.24. The van der Waals surface area contributed by atoms with Gasteiger partial charge in [0.15, 0.2) is 0 Å². The lowest BCUT2D eigenvalue weighted by molar-refractivity contribution is -0.120. The summed E-state index contributed by atoms with van der Waals surface area (Å²) in [4.78, 5) is 11.0. The molecule has 0 radical (unpaired) electrons. The van der Waals surface area contributed by atoms with Crippen LogP contribution in [0.2, 0.25) is 0 Å². The Labute approximate surface area is 81.4 Å². The van der Waals surface area contributed by atoms with Crippen molar-refractivity contribution in [1.82, 2.24) is 5.32 Å². The van der Waals surface area contributed by atoms with Crippen LogP contribution in [0.25, 0.3) is 0 Å². The van der Waals surface area contributed by atoms with Crippen molar-refractivity contribution in [3.05, 3.63) is 12.7 Å². The van der Waals surface area contributed by atoms with E-state index in [-0.39, 0.29) is 11.4 Å². The standard InChI is InChI=1S/C11H21NO/c1-6-9(3)8-11(5,7-2)12-10(4)13/h6,9H,1,7-8H2,2-5H3,(H,12,13). The van der Waals surface area contributed by atoms with Crippen LogP contribution in [0.1, 0.15) is 40.5 Å². The van der Waals surface area contributed by atoms with E-state index < -0.39 is 0 Å². The lowest BCUT2D eigenvalue weighted by Gasteiger charge is -2.31. The molecule has 0 aromatic heterocycles. The van der Waals surface area contributed by atoms with Crippen molar-refractivity contribution in [3.8, 4) is 0 Å². The molecule has 0 aliphatic heterocycles. The fourth-order valence-electron chi connectivity index (χ4n) is 1.50. The number of rotatable bonds is 5. The Hall–Kier alpha value is -0.790. The van der Waals surface area contributed by atoms with Crippen molar-refractivity contribution in [3.63, 3.8) is 0 Å². The second-order valence-electron chi connectivity index (χ2n) is 4.01. The van der Waals surface area contributed by atoms with Gasteiger partial charge in [0, 0.05) is 12.5 Å². The van der Waals surface area contributed by atoms with Gasteiger partial charge < -0.3 is 5.32 Å². The maximum atomic E-state index is 11.0. The molecular weight excluding hydrogens is 162 g/mol. The molecule has 2 nitrogen and oxygen atoms in total. The summed E-state index contributed by atoms with van der Waals surface area (Å²) < 4.78 is 0. The van der Waals surface area contributed by atoms with E-state index in [1.165, 1.54) is 0 Å². The van der Waals surface area contributed by atoms with Crippen LogP contribution >= 0.6 is 0 Å². The predicted octanol–water partition coefficient (Wildman–Crippen LogP) is 2.50. The molecule has 2 unspecified atom stereocenters. The predicted molar refractivity (Wildman–Crippen MR) is 56.5 cm³/mol. The van der Waals surface area contributed by atoms with Crippen LogP contribution in [-0.4, -0.2) is 11.4 Å². The van der Waals surface area contributed by atoms with E-state index in [4.69, 9.17) is 0 Å². The van der Waals surface area contributed by atoms with Crippen molar-refractivity contribution >= 4 is 5.91 Å². The first-order valence-electron chi connectivity index (χ1n) is 4.85. The topological polar surface area (TPSA) is 29.1 Å². The van der Waals surface area contributed by atoms with Gasteiger partial charge in [0.25, 0.3) is 0 Å². The van der Waals surface area contributed by atoms with Crippen molar-refractivity contribution in [2.45, 2.75) is 46.1 Å². The zero-order valence-corrected chi connectivity index (χ0v) is 9.18. The molecule has 0 aromatic rings. The summed E-state index contributed by atoms with van der Waals surface area (Å²) >= 11 is 0. The molecule has 0 saturated carbocycles. The van der Waals surface area contributed by atoms with Gasteiger partial charge in [0.1, 0.15) is 0 Å². The summed E-state index contributed by atoms with van der Waals surface area (Å²) in [5, 5.41) is 2.98. The molecule has 1 amide bonds. The molecule has 0 aliphatic carbocycles. The Bertz CT molecular complexity index is 189. The second-order valence-corrected chi connectivity index (χ2v) is 4.01. The molecule has 0 heterocycles. The van der Waals surface area contributed by atoms with Gasteiger partial charge in [-0.25, -0.2) is 0 Å². The summed E-state index contributed by atoms with van der Waals surface area (Å²) in [6.45, 7) is 11.6. The van der Waals surface area contributed by atoms with Crippen molar-refractivity contribution in [2.75, 3.05) is 0 Å². The Balaban J connectivity index is 4.26. The zero-order valence-electron chi connectivity index (χ0n) is 9.18. The first-order valence-corrected chi connectivity index (χ1v) is 4.85. The smallest absolute Gasteiger partial charge is 0.217 e. The highest BCUT2D eigenvalue weighted by molar-refractivity contribution is 5.73. The van der Waals surface area contributed by atoms with E-state index in [1.807, 2.05) is 6.08 Å². The maximum absolute atomic E-state index is 11.0. The summed E-state index contributed by atoms with van der Waals surface area (Å²) in [6, 6.07) is 0. The number of hydrogen-bond donors (Lipinski definition) is 1. The lowest BCUT2D eigenvalue weighted by Crippen LogP contribution is -2.45. The highest BCUT2D eigenvalue weighted by Crippen LogP contribution is 2.20. The summed E-state index contributed by atoms with van der Waals surface area (Å²) in [7, 11) is 0. The molecule has 0 aliphatic rings. The Morgan fingerprint density at radius 3 is 2.54 bits per heavy atom. The van der Waals surface area contributed by atoms with Gasteiger partial charge in [-0.15, -0.1) is 6.58 Å². The second kappa shape index (κ2) is 5.05. The molecule has 0 fully saturated rings. The minimum atomic E-state index is -0.0839. The zero-order chi connectivity index (χ0) is 10.5. The number of allylic oxidation sites excluding steroid dienone is 1. The van der Waals surface area contributed by atoms with Gasteiger partial charge in [0.05, 0.1) is 0 Å². The Morgan fingerprint density at radius 1 is 1.69 bits per heavy atom. The third-order valence-electron chi connectivity index (χ3n) is 2.43. The van der Waals surface area contributed by atoms with E-state index in [9.17, 15) is 4.79 Å². The van der Waals surface area contributed by atoms with Crippen LogP contribution in [0.4, 0.5) is 0 Å². The molecule has 0 rings (SSSR count). The molecule has 2 atom stereocenters. The largest absolute Gasteiger partial charge is 0.351 e. The molecule has 0 saturated heterocycles. The molecule has 0 spiro atoms. The number of hydrogen-bond acceptors (Lipinski definition) is 1. The summed E-state index contributed by atoms with van der Waals surface area (Å²) in [5.41, 5.74) is -0.0839. The quantitative estimate of drug-likeness (QED) is 0.652. The Morgan fingerprint density at radius 2 is 2.23 bits per heavy atom. The number of nitrogens with one attached hydrogen (secondary N) is 1. The summed E-state index contributed by atoms with van der Waals surface area (Å²) in [5.74, 6) is 0.484. The number of carbonyl (C=O) groups is 1. The summed E-state index contributed by atoms with van der Waals surface area (Å²) in [6.07, 6.45) is 3.83. The van der Waals surface area contributed by atoms with Crippen molar-refractivity contribution in [2.24, 2.45) is 5.92 Å². The van der Waals surface area contributed by atoms with Gasteiger partial charge >= 0.3 is 0 Å². The Kier molecular flexibility index (Phi) is 4.74. The van der Waals surface area contributed by atoms with Gasteiger partial charge in [-0.3, -0.25) is 4.79 Å². The third kappa shape index (κ3) is 4.71. The van der Waals surface area contributed by atoms with Crippen LogP contribution in [0.3, 0.4) is 0 Å². The van der Waals surface area contributed by atoms with Crippen LogP contribution in [0, 0.1) is 5.92 Å². The minimum absolute atomic E-state index is 0.0422. The fourth-order valence-corrected chi connectivity index (χ4v) is 1.50. The molecule has 2 heteroatoms. The lowest BCUT2D eigenvalue weighted by atomic mass is 9.87. The average Bonchev–Trinajstić information content (AvgIpc) is 2.02. The van der Waals surface area contributed by atoms with E-state index in [0.29, 0.717) is 5.92 Å². The van der Waals surface area contributed by atoms with Crippen LogP contribution < -0.4 is 5.32 Å². The van der Waals surface area contributed by atoms with Gasteiger partial charge in [-0.1, -0.05) is 19.9 Å². The third-order valence-corrected chi connectivity index (χ3v) is 2.43. The van der Waals surface area contributed by atoms with Crippen LogP contribution in [0.5, 0.6) is 0 Å². The molecule has 76 valence electrons. The number of carbonyl (C=O) groups excluding carboxylic acids is 1. The van der Waals surface area contributed by atoms with Crippen molar-refractivity contribution in [1.29, 1.82) is 0 Å². The van der Waals surface area contributed by atoms with Crippen LogP contribution in [-0.2, 0) is 4.79 Å².